The fraction of sp³-hybridized carbons (Fsp3) is 0.368. The summed E-state index contributed by atoms with van der Waals surface area (Å²) in [6, 6.07) is 13.9. The number of β-amino-alcohol motifs (C(OH)–C–C–N with tert-alkyl or cyclic N) is 1. The van der Waals surface area contributed by atoms with Crippen LogP contribution in [0.2, 0.25) is 5.02 Å². The van der Waals surface area contributed by atoms with Crippen molar-refractivity contribution in [3.8, 4) is 5.75 Å². The molecule has 1 aliphatic heterocycles. The Bertz CT molecular complexity index is 781. The van der Waals surface area contributed by atoms with Crippen molar-refractivity contribution in [3.63, 3.8) is 0 Å². The minimum Gasteiger partial charge on any atom is -0.484 e. The molecule has 144 valence electrons. The maximum Gasteiger partial charge on any atom is 0.310 e. The SMILES string of the molecule is O=[N+]([O-])c1ccccc1OCC(O)CN1CCN(c2ccccc2Cl)CC1. The molecule has 1 unspecified atom stereocenters. The van der Waals surface area contributed by atoms with Gasteiger partial charge in [0.1, 0.15) is 12.7 Å². The zero-order chi connectivity index (χ0) is 19.2. The molecule has 27 heavy (non-hydrogen) atoms. The van der Waals surface area contributed by atoms with Gasteiger partial charge in [0.2, 0.25) is 0 Å². The van der Waals surface area contributed by atoms with Crippen molar-refractivity contribution in [2.24, 2.45) is 0 Å². The molecule has 7 nitrogen and oxygen atoms in total. The van der Waals surface area contributed by atoms with Gasteiger partial charge in [0.15, 0.2) is 5.75 Å². The zero-order valence-corrected chi connectivity index (χ0v) is 15.6. The minimum absolute atomic E-state index is 0.00950. The van der Waals surface area contributed by atoms with E-state index in [0.717, 1.165) is 36.9 Å². The van der Waals surface area contributed by atoms with Crippen LogP contribution in [-0.4, -0.2) is 60.4 Å². The van der Waals surface area contributed by atoms with Gasteiger partial charge < -0.3 is 14.7 Å². The highest BCUT2D eigenvalue weighted by Gasteiger charge is 2.21. The van der Waals surface area contributed by atoms with Gasteiger partial charge in [-0.1, -0.05) is 35.9 Å². The van der Waals surface area contributed by atoms with Gasteiger partial charge in [-0.3, -0.25) is 15.0 Å². The maximum absolute atomic E-state index is 11.0. The lowest BCUT2D eigenvalue weighted by molar-refractivity contribution is -0.385. The lowest BCUT2D eigenvalue weighted by Crippen LogP contribution is -2.49. The van der Waals surface area contributed by atoms with Crippen LogP contribution in [0.1, 0.15) is 0 Å². The number of benzene rings is 2. The first-order valence-electron chi connectivity index (χ1n) is 8.80. The summed E-state index contributed by atoms with van der Waals surface area (Å²) >= 11 is 6.25. The molecule has 1 fully saturated rings. The Kier molecular flexibility index (Phi) is 6.49. The highest BCUT2D eigenvalue weighted by Crippen LogP contribution is 2.27. The number of aliphatic hydroxyl groups is 1. The molecule has 1 heterocycles. The largest absolute Gasteiger partial charge is 0.484 e. The maximum atomic E-state index is 11.0. The van der Waals surface area contributed by atoms with E-state index in [1.807, 2.05) is 24.3 Å². The number of ether oxygens (including phenoxy) is 1. The fourth-order valence-corrected chi connectivity index (χ4v) is 3.40. The predicted octanol–water partition coefficient (Wildman–Crippen LogP) is 2.81. The van der Waals surface area contributed by atoms with Crippen molar-refractivity contribution in [3.05, 3.63) is 63.7 Å². The molecule has 1 aliphatic rings. The van der Waals surface area contributed by atoms with Crippen molar-refractivity contribution in [1.82, 2.24) is 4.90 Å². The van der Waals surface area contributed by atoms with Crippen LogP contribution < -0.4 is 9.64 Å². The van der Waals surface area contributed by atoms with Gasteiger partial charge in [0, 0.05) is 38.8 Å². The van der Waals surface area contributed by atoms with E-state index < -0.39 is 11.0 Å². The van der Waals surface area contributed by atoms with Crippen molar-refractivity contribution < 1.29 is 14.8 Å². The number of nitrogens with zero attached hydrogens (tertiary/aromatic N) is 3. The number of rotatable bonds is 7. The van der Waals surface area contributed by atoms with Gasteiger partial charge in [-0.2, -0.15) is 0 Å². The third-order valence-corrected chi connectivity index (χ3v) is 4.85. The van der Waals surface area contributed by atoms with E-state index in [2.05, 4.69) is 9.80 Å². The predicted molar refractivity (Wildman–Crippen MR) is 105 cm³/mol. The van der Waals surface area contributed by atoms with Crippen molar-refractivity contribution in [2.45, 2.75) is 6.10 Å². The quantitative estimate of drug-likeness (QED) is 0.577. The van der Waals surface area contributed by atoms with E-state index >= 15 is 0 Å². The molecule has 1 N–H and O–H groups in total. The van der Waals surface area contributed by atoms with Gasteiger partial charge in [0.05, 0.1) is 15.6 Å². The smallest absolute Gasteiger partial charge is 0.310 e. The third-order valence-electron chi connectivity index (χ3n) is 4.53. The number of para-hydroxylation sites is 3. The Morgan fingerprint density at radius 3 is 2.48 bits per heavy atom. The summed E-state index contributed by atoms with van der Waals surface area (Å²) < 4.78 is 5.46. The summed E-state index contributed by atoms with van der Waals surface area (Å²) in [4.78, 5) is 14.9. The number of aliphatic hydroxyl groups excluding tert-OH is 1. The second kappa shape index (κ2) is 9.03. The zero-order valence-electron chi connectivity index (χ0n) is 14.8. The van der Waals surface area contributed by atoms with E-state index in [4.69, 9.17) is 16.3 Å². The highest BCUT2D eigenvalue weighted by molar-refractivity contribution is 6.33. The summed E-state index contributed by atoms with van der Waals surface area (Å²) in [7, 11) is 0. The number of nitro benzene ring substituents is 1. The summed E-state index contributed by atoms with van der Waals surface area (Å²) in [5, 5.41) is 22.0. The fourth-order valence-electron chi connectivity index (χ4n) is 3.15. The molecular formula is C19H22ClN3O4. The molecule has 2 aromatic rings. The first-order valence-corrected chi connectivity index (χ1v) is 9.18. The molecule has 0 bridgehead atoms. The first kappa shape index (κ1) is 19.4. The molecule has 0 amide bonds. The third kappa shape index (κ3) is 5.09. The molecule has 1 atom stereocenters. The summed E-state index contributed by atoms with van der Waals surface area (Å²) in [6.45, 7) is 3.71. The molecular weight excluding hydrogens is 370 g/mol. The molecule has 8 heteroatoms. The second-order valence-electron chi connectivity index (χ2n) is 6.43. The van der Waals surface area contributed by atoms with Gasteiger partial charge in [-0.25, -0.2) is 0 Å². The monoisotopic (exact) mass is 391 g/mol. The Morgan fingerprint density at radius 1 is 1.11 bits per heavy atom. The van der Waals surface area contributed by atoms with Crippen LogP contribution in [0.3, 0.4) is 0 Å². The summed E-state index contributed by atoms with van der Waals surface area (Å²) in [5.74, 6) is 0.171. The van der Waals surface area contributed by atoms with E-state index in [1.165, 1.54) is 12.1 Å². The van der Waals surface area contributed by atoms with Crippen molar-refractivity contribution in [2.75, 3.05) is 44.2 Å². The van der Waals surface area contributed by atoms with E-state index in [9.17, 15) is 15.2 Å². The topological polar surface area (TPSA) is 79.1 Å². The minimum atomic E-state index is -0.725. The Hall–Kier alpha value is -2.35. The Labute approximate surface area is 162 Å². The Morgan fingerprint density at radius 2 is 1.78 bits per heavy atom. The lowest BCUT2D eigenvalue weighted by atomic mass is 10.2. The van der Waals surface area contributed by atoms with Crippen LogP contribution >= 0.6 is 11.6 Å². The lowest BCUT2D eigenvalue weighted by Gasteiger charge is -2.37. The standard InChI is InChI=1S/C19H22ClN3O4/c20-16-5-1-2-6-17(16)22-11-9-21(10-12-22)13-15(24)14-27-19-8-4-3-7-18(19)23(25)26/h1-8,15,24H,9-14H2. The van der Waals surface area contributed by atoms with Gasteiger partial charge >= 0.3 is 5.69 Å². The van der Waals surface area contributed by atoms with Gasteiger partial charge in [-0.15, -0.1) is 0 Å². The number of piperazine rings is 1. The molecule has 3 rings (SSSR count). The van der Waals surface area contributed by atoms with E-state index in [-0.39, 0.29) is 18.0 Å². The number of anilines is 1. The van der Waals surface area contributed by atoms with Crippen LogP contribution in [0.15, 0.2) is 48.5 Å². The normalized spacial score (nSPS) is 16.1. The first-order chi connectivity index (χ1) is 13.0. The molecule has 0 spiro atoms. The number of hydrogen-bond acceptors (Lipinski definition) is 6. The van der Waals surface area contributed by atoms with E-state index in [1.54, 1.807) is 12.1 Å². The number of halogens is 1. The van der Waals surface area contributed by atoms with Crippen LogP contribution in [0.4, 0.5) is 11.4 Å². The van der Waals surface area contributed by atoms with Crippen LogP contribution in [0.25, 0.3) is 0 Å². The van der Waals surface area contributed by atoms with Crippen molar-refractivity contribution in [1.29, 1.82) is 0 Å². The average Bonchev–Trinajstić information content (AvgIpc) is 2.68. The van der Waals surface area contributed by atoms with Crippen LogP contribution in [0, 0.1) is 10.1 Å². The molecule has 2 aromatic carbocycles. The van der Waals surface area contributed by atoms with E-state index in [0.29, 0.717) is 6.54 Å². The van der Waals surface area contributed by atoms with Gasteiger partial charge in [0.25, 0.3) is 0 Å². The highest BCUT2D eigenvalue weighted by atomic mass is 35.5. The molecule has 0 saturated carbocycles. The molecule has 0 aliphatic carbocycles. The summed E-state index contributed by atoms with van der Waals surface area (Å²) in [6.07, 6.45) is -0.725. The molecule has 0 aromatic heterocycles. The average molecular weight is 392 g/mol. The molecule has 0 radical (unpaired) electrons. The van der Waals surface area contributed by atoms with Crippen LogP contribution in [-0.2, 0) is 0 Å². The van der Waals surface area contributed by atoms with Crippen molar-refractivity contribution >= 4 is 23.0 Å². The molecule has 1 saturated heterocycles. The number of hydrogen-bond donors (Lipinski definition) is 1. The summed E-state index contributed by atoms with van der Waals surface area (Å²) in [5.41, 5.74) is 0.928. The number of nitro groups is 1. The second-order valence-corrected chi connectivity index (χ2v) is 6.84. The van der Waals surface area contributed by atoms with Crippen LogP contribution in [0.5, 0.6) is 5.75 Å². The van der Waals surface area contributed by atoms with Gasteiger partial charge in [-0.05, 0) is 18.2 Å². The Balaban J connectivity index is 1.47.